The van der Waals surface area contributed by atoms with E-state index in [1.54, 1.807) is 35.2 Å². The fraction of sp³-hybridized carbons (Fsp3) is 0.250. The van der Waals surface area contributed by atoms with Crippen molar-refractivity contribution in [2.24, 2.45) is 0 Å². The van der Waals surface area contributed by atoms with Crippen LogP contribution in [0.3, 0.4) is 0 Å². The van der Waals surface area contributed by atoms with Gasteiger partial charge in [0.15, 0.2) is 5.65 Å². The highest BCUT2D eigenvalue weighted by Gasteiger charge is 2.06. The van der Waals surface area contributed by atoms with E-state index in [1.807, 2.05) is 19.1 Å². The van der Waals surface area contributed by atoms with Crippen LogP contribution < -0.4 is 10.6 Å². The number of nitrogens with zero attached hydrogens (tertiary/aromatic N) is 4. The second-order valence-corrected chi connectivity index (χ2v) is 5.08. The van der Waals surface area contributed by atoms with Crippen LogP contribution in [-0.4, -0.2) is 32.0 Å². The summed E-state index contributed by atoms with van der Waals surface area (Å²) in [4.78, 5) is 20.3. The SMILES string of the molecule is CCCNC(=O)c1ccc(NCc2ccnc3ccnn23)nc1. The Morgan fingerprint density at radius 3 is 2.87 bits per heavy atom. The number of carbonyl (C=O) groups is 1. The van der Waals surface area contributed by atoms with Crippen molar-refractivity contribution in [3.05, 3.63) is 54.1 Å². The molecule has 0 aliphatic carbocycles. The molecule has 2 N–H and O–H groups in total. The van der Waals surface area contributed by atoms with Crippen molar-refractivity contribution >= 4 is 17.4 Å². The molecule has 0 radical (unpaired) electrons. The number of carbonyl (C=O) groups excluding carboxylic acids is 1. The van der Waals surface area contributed by atoms with Crippen LogP contribution in [0.1, 0.15) is 29.4 Å². The first-order chi connectivity index (χ1) is 11.3. The molecule has 3 aromatic heterocycles. The summed E-state index contributed by atoms with van der Waals surface area (Å²) >= 11 is 0. The summed E-state index contributed by atoms with van der Waals surface area (Å²) in [5.41, 5.74) is 2.34. The quantitative estimate of drug-likeness (QED) is 0.726. The van der Waals surface area contributed by atoms with Crippen LogP contribution in [-0.2, 0) is 6.54 Å². The second kappa shape index (κ2) is 6.87. The minimum absolute atomic E-state index is 0.0988. The molecule has 0 fully saturated rings. The average molecular weight is 310 g/mol. The molecule has 0 aromatic carbocycles. The maximum atomic E-state index is 11.8. The summed E-state index contributed by atoms with van der Waals surface area (Å²) in [7, 11) is 0. The van der Waals surface area contributed by atoms with Gasteiger partial charge in [-0.15, -0.1) is 0 Å². The van der Waals surface area contributed by atoms with Gasteiger partial charge in [0.25, 0.3) is 5.91 Å². The Balaban J connectivity index is 1.65. The monoisotopic (exact) mass is 310 g/mol. The molecule has 0 unspecified atom stereocenters. The van der Waals surface area contributed by atoms with Crippen molar-refractivity contribution in [1.29, 1.82) is 0 Å². The van der Waals surface area contributed by atoms with Crippen molar-refractivity contribution in [2.75, 3.05) is 11.9 Å². The third kappa shape index (κ3) is 3.45. The molecule has 0 saturated heterocycles. The molecule has 0 atom stereocenters. The highest BCUT2D eigenvalue weighted by molar-refractivity contribution is 5.93. The first-order valence-corrected chi connectivity index (χ1v) is 7.53. The zero-order valence-corrected chi connectivity index (χ0v) is 12.9. The highest BCUT2D eigenvalue weighted by Crippen LogP contribution is 2.09. The van der Waals surface area contributed by atoms with Gasteiger partial charge in [-0.1, -0.05) is 6.92 Å². The van der Waals surface area contributed by atoms with E-state index in [0.29, 0.717) is 24.5 Å². The average Bonchev–Trinajstić information content (AvgIpc) is 3.07. The predicted octanol–water partition coefficient (Wildman–Crippen LogP) is 1.88. The van der Waals surface area contributed by atoms with E-state index in [0.717, 1.165) is 17.8 Å². The van der Waals surface area contributed by atoms with Crippen LogP contribution in [0, 0.1) is 0 Å². The molecular weight excluding hydrogens is 292 g/mol. The minimum Gasteiger partial charge on any atom is -0.364 e. The molecule has 3 aromatic rings. The third-order valence-electron chi connectivity index (χ3n) is 3.38. The number of fused-ring (bicyclic) bond motifs is 1. The lowest BCUT2D eigenvalue weighted by Crippen LogP contribution is -2.24. The molecule has 7 nitrogen and oxygen atoms in total. The largest absolute Gasteiger partial charge is 0.364 e. The van der Waals surface area contributed by atoms with Gasteiger partial charge in [0.1, 0.15) is 5.82 Å². The molecule has 3 heterocycles. The number of rotatable bonds is 6. The van der Waals surface area contributed by atoms with Gasteiger partial charge >= 0.3 is 0 Å². The maximum absolute atomic E-state index is 11.8. The normalized spacial score (nSPS) is 10.7. The fourth-order valence-electron chi connectivity index (χ4n) is 2.17. The number of aromatic nitrogens is 4. The van der Waals surface area contributed by atoms with Crippen LogP contribution >= 0.6 is 0 Å². The van der Waals surface area contributed by atoms with Gasteiger partial charge in [-0.3, -0.25) is 4.79 Å². The zero-order chi connectivity index (χ0) is 16.1. The lowest BCUT2D eigenvalue weighted by atomic mass is 10.2. The molecule has 1 amide bonds. The summed E-state index contributed by atoms with van der Waals surface area (Å²) in [6, 6.07) is 7.31. The van der Waals surface area contributed by atoms with E-state index in [9.17, 15) is 4.79 Å². The van der Waals surface area contributed by atoms with E-state index in [4.69, 9.17) is 0 Å². The van der Waals surface area contributed by atoms with Gasteiger partial charge in [-0.2, -0.15) is 5.10 Å². The molecular formula is C16H18N6O. The molecule has 0 saturated carbocycles. The first-order valence-electron chi connectivity index (χ1n) is 7.53. The van der Waals surface area contributed by atoms with Crippen LogP contribution in [0.25, 0.3) is 5.65 Å². The smallest absolute Gasteiger partial charge is 0.252 e. The van der Waals surface area contributed by atoms with Crippen molar-refractivity contribution in [2.45, 2.75) is 19.9 Å². The predicted molar refractivity (Wildman–Crippen MR) is 87.2 cm³/mol. The Hall–Kier alpha value is -2.96. The summed E-state index contributed by atoms with van der Waals surface area (Å²) in [5, 5.41) is 10.3. The summed E-state index contributed by atoms with van der Waals surface area (Å²) in [6.07, 6.45) is 5.95. The Labute approximate surface area is 133 Å². The highest BCUT2D eigenvalue weighted by atomic mass is 16.1. The number of hydrogen-bond donors (Lipinski definition) is 2. The van der Waals surface area contributed by atoms with E-state index in [1.165, 1.54) is 0 Å². The third-order valence-corrected chi connectivity index (χ3v) is 3.38. The number of nitrogens with one attached hydrogen (secondary N) is 2. The van der Waals surface area contributed by atoms with Crippen molar-refractivity contribution < 1.29 is 4.79 Å². The molecule has 23 heavy (non-hydrogen) atoms. The maximum Gasteiger partial charge on any atom is 0.252 e. The van der Waals surface area contributed by atoms with Gasteiger partial charge in [0, 0.05) is 25.0 Å². The van der Waals surface area contributed by atoms with Crippen LogP contribution in [0.2, 0.25) is 0 Å². The van der Waals surface area contributed by atoms with Gasteiger partial charge < -0.3 is 10.6 Å². The molecule has 0 aliphatic heterocycles. The van der Waals surface area contributed by atoms with Crippen molar-refractivity contribution in [3.8, 4) is 0 Å². The minimum atomic E-state index is -0.0988. The van der Waals surface area contributed by atoms with Crippen LogP contribution in [0.4, 0.5) is 5.82 Å². The number of anilines is 1. The lowest BCUT2D eigenvalue weighted by molar-refractivity contribution is 0.0953. The van der Waals surface area contributed by atoms with E-state index < -0.39 is 0 Å². The van der Waals surface area contributed by atoms with Gasteiger partial charge in [-0.05, 0) is 24.6 Å². The van der Waals surface area contributed by atoms with Crippen molar-refractivity contribution in [1.82, 2.24) is 24.9 Å². The first kappa shape index (κ1) is 15.0. The Morgan fingerprint density at radius 2 is 2.09 bits per heavy atom. The van der Waals surface area contributed by atoms with Crippen LogP contribution in [0.5, 0.6) is 0 Å². The van der Waals surface area contributed by atoms with E-state index in [2.05, 4.69) is 25.7 Å². The van der Waals surface area contributed by atoms with Crippen molar-refractivity contribution in [3.63, 3.8) is 0 Å². The molecule has 7 heteroatoms. The summed E-state index contributed by atoms with van der Waals surface area (Å²) in [6.45, 7) is 3.25. The van der Waals surface area contributed by atoms with Gasteiger partial charge in [0.2, 0.25) is 0 Å². The second-order valence-electron chi connectivity index (χ2n) is 5.08. The molecule has 0 bridgehead atoms. The standard InChI is InChI=1S/C16H18N6O/c1-2-7-18-16(23)12-3-4-14(19-10-12)20-11-13-5-8-17-15-6-9-21-22(13)15/h3-6,8-10H,2,7,11H2,1H3,(H,18,23)(H,19,20). The van der Waals surface area contributed by atoms with Gasteiger partial charge in [-0.25, -0.2) is 14.5 Å². The summed E-state index contributed by atoms with van der Waals surface area (Å²) in [5.74, 6) is 0.604. The number of amides is 1. The van der Waals surface area contributed by atoms with E-state index >= 15 is 0 Å². The van der Waals surface area contributed by atoms with Gasteiger partial charge in [0.05, 0.1) is 24.0 Å². The Bertz CT molecular complexity index is 796. The van der Waals surface area contributed by atoms with Crippen LogP contribution in [0.15, 0.2) is 42.9 Å². The zero-order valence-electron chi connectivity index (χ0n) is 12.9. The molecule has 118 valence electrons. The lowest BCUT2D eigenvalue weighted by Gasteiger charge is -2.08. The molecule has 3 rings (SSSR count). The van der Waals surface area contributed by atoms with E-state index in [-0.39, 0.29) is 5.91 Å². The number of pyridine rings is 1. The fourth-order valence-corrected chi connectivity index (χ4v) is 2.17. The Morgan fingerprint density at radius 1 is 1.17 bits per heavy atom. The Kier molecular flexibility index (Phi) is 4.46. The summed E-state index contributed by atoms with van der Waals surface area (Å²) < 4.78 is 1.78. The number of hydrogen-bond acceptors (Lipinski definition) is 5. The molecule has 0 aliphatic rings. The molecule has 0 spiro atoms. The topological polar surface area (TPSA) is 84.2 Å².